The SMILES string of the molecule is NC(CC(=O)O)C(=O)NC(Cc1cnc[nH]1)C(=O)NC(CO)C(=O)NC(CC(=O)O)C(=O)O. The van der Waals surface area contributed by atoms with Gasteiger partial charge >= 0.3 is 17.9 Å². The lowest BCUT2D eigenvalue weighted by Gasteiger charge is -2.23. The molecule has 4 unspecified atom stereocenters. The van der Waals surface area contributed by atoms with Crippen molar-refractivity contribution in [3.63, 3.8) is 0 Å². The Morgan fingerprint density at radius 2 is 1.42 bits per heavy atom. The smallest absolute Gasteiger partial charge is 0.326 e. The number of carboxylic acids is 3. The Morgan fingerprint density at radius 3 is 1.91 bits per heavy atom. The van der Waals surface area contributed by atoms with Gasteiger partial charge in [0, 0.05) is 18.3 Å². The van der Waals surface area contributed by atoms with Gasteiger partial charge in [-0.05, 0) is 0 Å². The number of carbonyl (C=O) groups is 6. The molecule has 1 aromatic heterocycles. The highest BCUT2D eigenvalue weighted by molar-refractivity contribution is 5.95. The van der Waals surface area contributed by atoms with Crippen molar-refractivity contribution >= 4 is 35.6 Å². The number of hydrogen-bond donors (Lipinski definition) is 9. The number of nitrogens with zero attached hydrogens (tertiary/aromatic N) is 1. The van der Waals surface area contributed by atoms with Gasteiger partial charge < -0.3 is 47.1 Å². The Kier molecular flexibility index (Phi) is 10.4. The normalized spacial score (nSPS) is 14.2. The van der Waals surface area contributed by atoms with E-state index in [0.717, 1.165) is 0 Å². The molecular formula is C17H24N6O10. The zero-order valence-electron chi connectivity index (χ0n) is 17.1. The first kappa shape index (κ1) is 27.0. The molecule has 1 aromatic rings. The van der Waals surface area contributed by atoms with Crippen molar-refractivity contribution in [2.45, 2.75) is 43.4 Å². The maximum atomic E-state index is 12.7. The van der Waals surface area contributed by atoms with Gasteiger partial charge in [0.2, 0.25) is 17.7 Å². The molecule has 0 saturated carbocycles. The van der Waals surface area contributed by atoms with Crippen LogP contribution in [0.1, 0.15) is 18.5 Å². The fourth-order valence-corrected chi connectivity index (χ4v) is 2.50. The second-order valence-corrected chi connectivity index (χ2v) is 6.79. The molecule has 10 N–H and O–H groups in total. The minimum atomic E-state index is -1.82. The molecule has 4 atom stereocenters. The fraction of sp³-hybridized carbons (Fsp3) is 0.471. The van der Waals surface area contributed by atoms with Crippen molar-refractivity contribution in [3.8, 4) is 0 Å². The largest absolute Gasteiger partial charge is 0.481 e. The molecule has 3 amide bonds. The molecule has 16 nitrogen and oxygen atoms in total. The number of aromatic nitrogens is 2. The van der Waals surface area contributed by atoms with Gasteiger partial charge in [0.15, 0.2) is 0 Å². The minimum Gasteiger partial charge on any atom is -0.481 e. The van der Waals surface area contributed by atoms with Crippen LogP contribution in [0.3, 0.4) is 0 Å². The monoisotopic (exact) mass is 472 g/mol. The summed E-state index contributed by atoms with van der Waals surface area (Å²) in [6.45, 7) is -0.986. The molecule has 33 heavy (non-hydrogen) atoms. The van der Waals surface area contributed by atoms with E-state index in [1.165, 1.54) is 12.5 Å². The summed E-state index contributed by atoms with van der Waals surface area (Å²) in [5.74, 6) is -7.67. The van der Waals surface area contributed by atoms with E-state index in [2.05, 4.69) is 20.6 Å². The average Bonchev–Trinajstić information content (AvgIpc) is 3.22. The van der Waals surface area contributed by atoms with Crippen LogP contribution in [0.4, 0.5) is 0 Å². The Balaban J connectivity index is 2.94. The van der Waals surface area contributed by atoms with Crippen LogP contribution in [-0.4, -0.2) is 96.8 Å². The molecule has 0 aliphatic rings. The van der Waals surface area contributed by atoms with Crippen molar-refractivity contribution in [1.82, 2.24) is 25.9 Å². The number of H-pyrrole nitrogens is 1. The average molecular weight is 472 g/mol. The molecule has 0 aliphatic heterocycles. The number of imidazole rings is 1. The van der Waals surface area contributed by atoms with Gasteiger partial charge in [-0.25, -0.2) is 9.78 Å². The third kappa shape index (κ3) is 9.32. The number of amides is 3. The zero-order valence-corrected chi connectivity index (χ0v) is 17.1. The summed E-state index contributed by atoms with van der Waals surface area (Å²) in [7, 11) is 0. The molecule has 182 valence electrons. The van der Waals surface area contributed by atoms with E-state index in [-0.39, 0.29) is 6.42 Å². The summed E-state index contributed by atoms with van der Waals surface area (Å²) >= 11 is 0. The Bertz CT molecular complexity index is 874. The number of carboxylic acid groups (broad SMARTS) is 3. The van der Waals surface area contributed by atoms with E-state index in [0.29, 0.717) is 5.69 Å². The summed E-state index contributed by atoms with van der Waals surface area (Å²) in [5.41, 5.74) is 5.86. The number of aliphatic carboxylic acids is 3. The van der Waals surface area contributed by atoms with Gasteiger partial charge in [-0.1, -0.05) is 0 Å². The third-order valence-electron chi connectivity index (χ3n) is 4.15. The Morgan fingerprint density at radius 1 is 0.879 bits per heavy atom. The molecule has 0 spiro atoms. The predicted octanol–water partition coefficient (Wildman–Crippen LogP) is -4.24. The van der Waals surface area contributed by atoms with Gasteiger partial charge in [0.25, 0.3) is 0 Å². The van der Waals surface area contributed by atoms with Gasteiger partial charge in [-0.2, -0.15) is 0 Å². The molecule has 0 radical (unpaired) electrons. The lowest BCUT2D eigenvalue weighted by molar-refractivity contribution is -0.147. The minimum absolute atomic E-state index is 0.187. The van der Waals surface area contributed by atoms with Crippen molar-refractivity contribution < 1.29 is 49.2 Å². The molecule has 0 bridgehead atoms. The molecule has 1 heterocycles. The van der Waals surface area contributed by atoms with Gasteiger partial charge in [0.05, 0.1) is 31.8 Å². The summed E-state index contributed by atoms with van der Waals surface area (Å²) in [6, 6.07) is -6.39. The molecule has 0 saturated heterocycles. The first-order valence-electron chi connectivity index (χ1n) is 9.35. The van der Waals surface area contributed by atoms with Crippen LogP contribution in [0.15, 0.2) is 12.5 Å². The summed E-state index contributed by atoms with van der Waals surface area (Å²) < 4.78 is 0. The Hall–Kier alpha value is -4.05. The first-order valence-corrected chi connectivity index (χ1v) is 9.35. The highest BCUT2D eigenvalue weighted by atomic mass is 16.4. The molecule has 1 rings (SSSR count). The number of hydrogen-bond acceptors (Lipinski definition) is 9. The number of nitrogens with one attached hydrogen (secondary N) is 4. The molecule has 0 aromatic carbocycles. The number of aliphatic hydroxyl groups excluding tert-OH is 1. The maximum Gasteiger partial charge on any atom is 0.326 e. The number of aromatic amines is 1. The van der Waals surface area contributed by atoms with Crippen LogP contribution >= 0.6 is 0 Å². The number of rotatable bonds is 14. The third-order valence-corrected chi connectivity index (χ3v) is 4.15. The quantitative estimate of drug-likeness (QED) is 0.124. The summed E-state index contributed by atoms with van der Waals surface area (Å²) in [6.07, 6.45) is 0.775. The highest BCUT2D eigenvalue weighted by Crippen LogP contribution is 2.02. The first-order chi connectivity index (χ1) is 15.4. The summed E-state index contributed by atoms with van der Waals surface area (Å²) in [4.78, 5) is 76.2. The van der Waals surface area contributed by atoms with Crippen molar-refractivity contribution in [2.75, 3.05) is 6.61 Å². The Labute approximate surface area is 185 Å². The van der Waals surface area contributed by atoms with Crippen LogP contribution in [0.25, 0.3) is 0 Å². The van der Waals surface area contributed by atoms with Gasteiger partial charge in [-0.15, -0.1) is 0 Å². The van der Waals surface area contributed by atoms with Crippen LogP contribution in [0, 0.1) is 0 Å². The van der Waals surface area contributed by atoms with Crippen LogP contribution in [0.2, 0.25) is 0 Å². The molecular weight excluding hydrogens is 448 g/mol. The van der Waals surface area contributed by atoms with Crippen LogP contribution in [0.5, 0.6) is 0 Å². The molecule has 0 fully saturated rings. The number of carbonyl (C=O) groups excluding carboxylic acids is 3. The molecule has 0 aliphatic carbocycles. The van der Waals surface area contributed by atoms with Crippen molar-refractivity contribution in [3.05, 3.63) is 18.2 Å². The fourth-order valence-electron chi connectivity index (χ4n) is 2.50. The van der Waals surface area contributed by atoms with E-state index in [4.69, 9.17) is 21.1 Å². The predicted molar refractivity (Wildman–Crippen MR) is 105 cm³/mol. The van der Waals surface area contributed by atoms with Gasteiger partial charge in [0.1, 0.15) is 18.1 Å². The molecule has 16 heteroatoms. The van der Waals surface area contributed by atoms with E-state index < -0.39 is 79.2 Å². The van der Waals surface area contributed by atoms with Crippen LogP contribution in [-0.2, 0) is 35.2 Å². The van der Waals surface area contributed by atoms with E-state index in [9.17, 15) is 33.9 Å². The van der Waals surface area contributed by atoms with E-state index in [1.54, 1.807) is 0 Å². The topological polar surface area (TPSA) is 274 Å². The number of nitrogens with two attached hydrogens (primary N) is 1. The van der Waals surface area contributed by atoms with Crippen molar-refractivity contribution in [1.29, 1.82) is 0 Å². The van der Waals surface area contributed by atoms with Crippen molar-refractivity contribution in [2.24, 2.45) is 5.73 Å². The lowest BCUT2D eigenvalue weighted by atomic mass is 10.1. The maximum absolute atomic E-state index is 12.7. The zero-order chi connectivity index (χ0) is 25.1. The van der Waals surface area contributed by atoms with E-state index >= 15 is 0 Å². The summed E-state index contributed by atoms with van der Waals surface area (Å²) in [5, 5.41) is 42.2. The standard InChI is InChI=1S/C17H24N6O10/c18-8(2-12(25)26)14(29)21-9(1-7-4-19-6-20-7)15(30)23-11(5-24)16(31)22-10(17(32)33)3-13(27)28/h4,6,8-11,24H,1-3,5,18H2,(H,19,20)(H,21,29)(H,22,31)(H,23,30)(H,25,26)(H,27,28)(H,32,33). The second kappa shape index (κ2) is 12.7. The number of aliphatic hydroxyl groups is 1. The second-order valence-electron chi connectivity index (χ2n) is 6.79. The van der Waals surface area contributed by atoms with Gasteiger partial charge in [-0.3, -0.25) is 24.0 Å². The van der Waals surface area contributed by atoms with Crippen LogP contribution < -0.4 is 21.7 Å². The highest BCUT2D eigenvalue weighted by Gasteiger charge is 2.31. The lowest BCUT2D eigenvalue weighted by Crippen LogP contribution is -2.58. The van der Waals surface area contributed by atoms with E-state index in [1.807, 2.05) is 5.32 Å².